The fourth-order valence-electron chi connectivity index (χ4n) is 2.05. The zero-order valence-corrected chi connectivity index (χ0v) is 10.8. The van der Waals surface area contributed by atoms with Crippen molar-refractivity contribution >= 4 is 5.69 Å². The number of aryl methyl sites for hydroxylation is 1. The summed E-state index contributed by atoms with van der Waals surface area (Å²) in [5.41, 5.74) is 8.72. The van der Waals surface area contributed by atoms with Crippen molar-refractivity contribution in [3.05, 3.63) is 53.8 Å². The van der Waals surface area contributed by atoms with E-state index < -0.39 is 0 Å². The summed E-state index contributed by atoms with van der Waals surface area (Å²) in [6.07, 6.45) is 0. The van der Waals surface area contributed by atoms with Gasteiger partial charge in [0.25, 0.3) is 5.89 Å². The zero-order chi connectivity index (χ0) is 14.1. The van der Waals surface area contributed by atoms with Gasteiger partial charge in [0.05, 0.1) is 5.56 Å². The molecule has 4 nitrogen and oxygen atoms in total. The van der Waals surface area contributed by atoms with Crippen LogP contribution >= 0.6 is 0 Å². The lowest BCUT2D eigenvalue weighted by molar-refractivity contribution is 0.432. The molecule has 2 N–H and O–H groups in total. The average Bonchev–Trinajstić information content (AvgIpc) is 2.88. The first-order valence-electron chi connectivity index (χ1n) is 6.10. The van der Waals surface area contributed by atoms with Crippen LogP contribution in [0.5, 0.6) is 0 Å². The number of nitrogen functional groups attached to an aromatic ring is 1. The third kappa shape index (κ3) is 2.14. The highest BCUT2D eigenvalue weighted by atomic mass is 19.1. The van der Waals surface area contributed by atoms with Crippen LogP contribution in [0.1, 0.15) is 5.56 Å². The summed E-state index contributed by atoms with van der Waals surface area (Å²) >= 11 is 0. The van der Waals surface area contributed by atoms with Gasteiger partial charge in [0.2, 0.25) is 5.82 Å². The van der Waals surface area contributed by atoms with Crippen molar-refractivity contribution in [2.75, 3.05) is 5.73 Å². The average molecular weight is 269 g/mol. The number of hydrogen-bond acceptors (Lipinski definition) is 4. The Morgan fingerprint density at radius 2 is 1.95 bits per heavy atom. The second-order valence-corrected chi connectivity index (χ2v) is 4.47. The summed E-state index contributed by atoms with van der Waals surface area (Å²) < 4.78 is 18.4. The molecule has 2 aromatic carbocycles. The van der Waals surface area contributed by atoms with E-state index >= 15 is 0 Å². The molecule has 0 spiro atoms. The molecule has 0 aliphatic rings. The molecule has 3 rings (SSSR count). The molecule has 1 aromatic heterocycles. The zero-order valence-electron chi connectivity index (χ0n) is 10.8. The molecule has 0 atom stereocenters. The molecule has 0 aliphatic carbocycles. The van der Waals surface area contributed by atoms with Crippen LogP contribution in [0.2, 0.25) is 0 Å². The number of aromatic nitrogens is 2. The van der Waals surface area contributed by atoms with Crippen molar-refractivity contribution in [3.63, 3.8) is 0 Å². The standard InChI is InChI=1S/C15H12FN3O/c1-9-4-2-7-12(17)13(9)15-18-14(19-20-15)10-5-3-6-11(16)8-10/h2-8H,17H2,1H3. The molecule has 0 amide bonds. The topological polar surface area (TPSA) is 64.9 Å². The highest BCUT2D eigenvalue weighted by molar-refractivity contribution is 5.74. The second kappa shape index (κ2) is 4.77. The number of hydrogen-bond donors (Lipinski definition) is 1. The first kappa shape index (κ1) is 12.3. The SMILES string of the molecule is Cc1cccc(N)c1-c1nc(-c2cccc(F)c2)no1. The molecule has 0 saturated heterocycles. The molecule has 0 aliphatic heterocycles. The predicted octanol–water partition coefficient (Wildman–Crippen LogP) is 3.43. The Bertz CT molecular complexity index is 747. The van der Waals surface area contributed by atoms with E-state index in [4.69, 9.17) is 10.3 Å². The van der Waals surface area contributed by atoms with Crippen LogP contribution in [0.4, 0.5) is 10.1 Å². The minimum atomic E-state index is -0.343. The minimum absolute atomic E-state index is 0.333. The van der Waals surface area contributed by atoms with Gasteiger partial charge in [0.15, 0.2) is 0 Å². The molecule has 20 heavy (non-hydrogen) atoms. The number of halogens is 1. The number of benzene rings is 2. The Kier molecular flexibility index (Phi) is 2.95. The van der Waals surface area contributed by atoms with Crippen LogP contribution in [0.15, 0.2) is 47.0 Å². The lowest BCUT2D eigenvalue weighted by Gasteiger charge is -2.03. The third-order valence-electron chi connectivity index (χ3n) is 3.03. The lowest BCUT2D eigenvalue weighted by Crippen LogP contribution is -1.92. The predicted molar refractivity (Wildman–Crippen MR) is 74.3 cm³/mol. The summed E-state index contributed by atoms with van der Waals surface area (Å²) in [6, 6.07) is 11.6. The molecule has 0 fully saturated rings. The maximum atomic E-state index is 13.2. The fourth-order valence-corrected chi connectivity index (χ4v) is 2.05. The summed E-state index contributed by atoms with van der Waals surface area (Å²) in [5.74, 6) is 0.325. The smallest absolute Gasteiger partial charge is 0.260 e. The van der Waals surface area contributed by atoms with Crippen molar-refractivity contribution < 1.29 is 8.91 Å². The Morgan fingerprint density at radius 1 is 1.15 bits per heavy atom. The Morgan fingerprint density at radius 3 is 2.70 bits per heavy atom. The molecule has 0 radical (unpaired) electrons. The van der Waals surface area contributed by atoms with Gasteiger partial charge < -0.3 is 10.3 Å². The summed E-state index contributed by atoms with van der Waals surface area (Å²) in [4.78, 5) is 4.29. The Hall–Kier alpha value is -2.69. The second-order valence-electron chi connectivity index (χ2n) is 4.47. The molecule has 0 bridgehead atoms. The van der Waals surface area contributed by atoms with Crippen molar-refractivity contribution in [1.29, 1.82) is 0 Å². The van der Waals surface area contributed by atoms with Crippen LogP contribution in [-0.2, 0) is 0 Å². The number of rotatable bonds is 2. The van der Waals surface area contributed by atoms with Crippen molar-refractivity contribution in [3.8, 4) is 22.8 Å². The van der Waals surface area contributed by atoms with E-state index in [0.717, 1.165) is 5.56 Å². The molecule has 0 saturated carbocycles. The molecular formula is C15H12FN3O. The van der Waals surface area contributed by atoms with Gasteiger partial charge in [0.1, 0.15) is 5.82 Å². The monoisotopic (exact) mass is 269 g/mol. The van der Waals surface area contributed by atoms with E-state index in [1.54, 1.807) is 18.2 Å². The van der Waals surface area contributed by atoms with Gasteiger partial charge in [-0.3, -0.25) is 0 Å². The van der Waals surface area contributed by atoms with Gasteiger partial charge in [-0.2, -0.15) is 4.98 Å². The van der Waals surface area contributed by atoms with Gasteiger partial charge in [-0.15, -0.1) is 0 Å². The lowest BCUT2D eigenvalue weighted by atomic mass is 10.1. The van der Waals surface area contributed by atoms with E-state index in [1.807, 2.05) is 19.1 Å². The van der Waals surface area contributed by atoms with E-state index in [0.29, 0.717) is 28.5 Å². The Balaban J connectivity index is 2.07. The highest BCUT2D eigenvalue weighted by Crippen LogP contribution is 2.29. The van der Waals surface area contributed by atoms with Crippen LogP contribution in [-0.4, -0.2) is 10.1 Å². The first-order chi connectivity index (χ1) is 9.65. The van der Waals surface area contributed by atoms with Crippen LogP contribution in [0, 0.1) is 12.7 Å². The molecule has 3 aromatic rings. The number of nitrogens with two attached hydrogens (primary N) is 1. The quantitative estimate of drug-likeness (QED) is 0.724. The minimum Gasteiger partial charge on any atom is -0.398 e. The van der Waals surface area contributed by atoms with Gasteiger partial charge in [0, 0.05) is 11.3 Å². The largest absolute Gasteiger partial charge is 0.398 e. The highest BCUT2D eigenvalue weighted by Gasteiger charge is 2.15. The van der Waals surface area contributed by atoms with Crippen LogP contribution in [0.25, 0.3) is 22.8 Å². The molecule has 1 heterocycles. The van der Waals surface area contributed by atoms with Crippen LogP contribution in [0.3, 0.4) is 0 Å². The normalized spacial score (nSPS) is 10.7. The third-order valence-corrected chi connectivity index (χ3v) is 3.03. The first-order valence-corrected chi connectivity index (χ1v) is 6.10. The van der Waals surface area contributed by atoms with Gasteiger partial charge in [-0.25, -0.2) is 4.39 Å². The Labute approximate surface area is 115 Å². The van der Waals surface area contributed by atoms with E-state index in [2.05, 4.69) is 10.1 Å². The summed E-state index contributed by atoms with van der Waals surface area (Å²) in [5, 5.41) is 3.88. The van der Waals surface area contributed by atoms with Crippen molar-refractivity contribution in [2.45, 2.75) is 6.92 Å². The maximum absolute atomic E-state index is 13.2. The summed E-state index contributed by atoms with van der Waals surface area (Å²) in [6.45, 7) is 1.91. The van der Waals surface area contributed by atoms with Gasteiger partial charge in [-0.05, 0) is 30.7 Å². The molecule has 0 unspecified atom stereocenters. The summed E-state index contributed by atoms with van der Waals surface area (Å²) in [7, 11) is 0. The van der Waals surface area contributed by atoms with E-state index in [9.17, 15) is 4.39 Å². The van der Waals surface area contributed by atoms with E-state index in [-0.39, 0.29) is 5.82 Å². The van der Waals surface area contributed by atoms with Gasteiger partial charge in [-0.1, -0.05) is 29.4 Å². The number of nitrogens with zero attached hydrogens (tertiary/aromatic N) is 2. The molecule has 100 valence electrons. The van der Waals surface area contributed by atoms with Crippen molar-refractivity contribution in [2.24, 2.45) is 0 Å². The van der Waals surface area contributed by atoms with Crippen LogP contribution < -0.4 is 5.73 Å². The van der Waals surface area contributed by atoms with E-state index in [1.165, 1.54) is 12.1 Å². The molecule has 5 heteroatoms. The molecular weight excluding hydrogens is 257 g/mol. The number of anilines is 1. The fraction of sp³-hybridized carbons (Fsp3) is 0.0667. The van der Waals surface area contributed by atoms with Gasteiger partial charge >= 0.3 is 0 Å². The maximum Gasteiger partial charge on any atom is 0.260 e. The van der Waals surface area contributed by atoms with Crippen molar-refractivity contribution in [1.82, 2.24) is 10.1 Å².